The predicted molar refractivity (Wildman–Crippen MR) is 81.1 cm³/mol. The summed E-state index contributed by atoms with van der Waals surface area (Å²) in [4.78, 5) is -0.306. The minimum Gasteiger partial charge on any atom is -0.396 e. The molecule has 1 aromatic carbocycles. The van der Waals surface area contributed by atoms with Crippen LogP contribution in [0, 0.1) is 11.7 Å². The van der Waals surface area contributed by atoms with Crippen LogP contribution in [0.1, 0.15) is 26.7 Å². The number of hydrogen-bond acceptors (Lipinski definition) is 4. The molecule has 120 valence electrons. The Labute approximate surface area is 129 Å². The molecule has 21 heavy (non-hydrogen) atoms. The van der Waals surface area contributed by atoms with Crippen molar-refractivity contribution in [2.45, 2.75) is 37.7 Å². The highest BCUT2D eigenvalue weighted by Gasteiger charge is 2.23. The molecular formula is C13H20ClFN2O3S. The molecule has 0 aromatic heterocycles. The van der Waals surface area contributed by atoms with E-state index in [1.165, 1.54) is 0 Å². The first kappa shape index (κ1) is 18.2. The van der Waals surface area contributed by atoms with Gasteiger partial charge in [-0.15, -0.1) is 0 Å². The number of aliphatic hydroxyl groups is 1. The molecule has 0 saturated heterocycles. The number of nitrogens with two attached hydrogens (primary N) is 1. The number of nitrogen functional groups attached to an aromatic ring is 1. The van der Waals surface area contributed by atoms with Crippen LogP contribution in [0.4, 0.5) is 10.1 Å². The van der Waals surface area contributed by atoms with Gasteiger partial charge in [0.2, 0.25) is 10.0 Å². The first-order valence-corrected chi connectivity index (χ1v) is 8.51. The Bertz CT molecular complexity index is 591. The maximum atomic E-state index is 13.2. The van der Waals surface area contributed by atoms with Crippen LogP contribution in [0.15, 0.2) is 17.0 Å². The zero-order valence-electron chi connectivity index (χ0n) is 11.9. The van der Waals surface area contributed by atoms with Gasteiger partial charge in [0.25, 0.3) is 0 Å². The van der Waals surface area contributed by atoms with Crippen molar-refractivity contribution >= 4 is 27.3 Å². The van der Waals surface area contributed by atoms with Crippen LogP contribution in [0.5, 0.6) is 0 Å². The van der Waals surface area contributed by atoms with Crippen molar-refractivity contribution in [3.8, 4) is 0 Å². The average molecular weight is 339 g/mol. The summed E-state index contributed by atoms with van der Waals surface area (Å²) in [7, 11) is -3.96. The Morgan fingerprint density at radius 3 is 2.48 bits per heavy atom. The third kappa shape index (κ3) is 4.54. The normalized spacial score (nSPS) is 13.6. The van der Waals surface area contributed by atoms with E-state index in [0.717, 1.165) is 25.0 Å². The minimum atomic E-state index is -3.96. The van der Waals surface area contributed by atoms with Crippen LogP contribution < -0.4 is 10.5 Å². The van der Waals surface area contributed by atoms with Crippen molar-refractivity contribution in [3.05, 3.63) is 23.0 Å². The fourth-order valence-corrected chi connectivity index (χ4v) is 3.62. The van der Waals surface area contributed by atoms with Gasteiger partial charge in [-0.1, -0.05) is 38.3 Å². The van der Waals surface area contributed by atoms with E-state index in [1.54, 1.807) is 0 Å². The Hall–Kier alpha value is -0.890. The lowest BCUT2D eigenvalue weighted by atomic mass is 9.97. The largest absolute Gasteiger partial charge is 0.396 e. The van der Waals surface area contributed by atoms with Crippen LogP contribution in [-0.4, -0.2) is 26.2 Å². The minimum absolute atomic E-state index is 0.00135. The Balaban J connectivity index is 2.90. The number of sulfonamides is 1. The molecule has 0 aliphatic carbocycles. The van der Waals surface area contributed by atoms with Crippen molar-refractivity contribution in [1.29, 1.82) is 0 Å². The second-order valence-electron chi connectivity index (χ2n) is 4.80. The van der Waals surface area contributed by atoms with E-state index < -0.39 is 21.9 Å². The van der Waals surface area contributed by atoms with Crippen molar-refractivity contribution in [1.82, 2.24) is 4.72 Å². The highest BCUT2D eigenvalue weighted by molar-refractivity contribution is 7.89. The molecule has 0 aliphatic heterocycles. The molecule has 0 amide bonds. The first-order valence-electron chi connectivity index (χ1n) is 6.65. The van der Waals surface area contributed by atoms with Gasteiger partial charge in [-0.25, -0.2) is 17.5 Å². The molecule has 0 heterocycles. The number of benzene rings is 1. The molecular weight excluding hydrogens is 319 g/mol. The molecule has 0 spiro atoms. The molecule has 1 unspecified atom stereocenters. The maximum Gasteiger partial charge on any atom is 0.242 e. The summed E-state index contributed by atoms with van der Waals surface area (Å²) in [5.74, 6) is -0.780. The van der Waals surface area contributed by atoms with E-state index in [2.05, 4.69) is 4.72 Å². The third-order valence-electron chi connectivity index (χ3n) is 3.42. The van der Waals surface area contributed by atoms with Crippen LogP contribution in [0.3, 0.4) is 0 Å². The van der Waals surface area contributed by atoms with Crippen LogP contribution in [0.25, 0.3) is 0 Å². The van der Waals surface area contributed by atoms with Crippen LogP contribution in [-0.2, 0) is 10.0 Å². The number of nitrogens with one attached hydrogen (secondary N) is 1. The first-order chi connectivity index (χ1) is 9.72. The van der Waals surface area contributed by atoms with Gasteiger partial charge in [-0.05, 0) is 18.1 Å². The van der Waals surface area contributed by atoms with Crippen molar-refractivity contribution in [2.75, 3.05) is 12.3 Å². The van der Waals surface area contributed by atoms with E-state index >= 15 is 0 Å². The average Bonchev–Trinajstić information content (AvgIpc) is 2.42. The van der Waals surface area contributed by atoms with Gasteiger partial charge in [0, 0.05) is 6.54 Å². The summed E-state index contributed by atoms with van der Waals surface area (Å²) in [5.41, 5.74) is 5.05. The maximum absolute atomic E-state index is 13.2. The molecule has 8 heteroatoms. The lowest BCUT2D eigenvalue weighted by Gasteiger charge is -2.20. The van der Waals surface area contributed by atoms with Crippen LogP contribution in [0.2, 0.25) is 5.02 Å². The van der Waals surface area contributed by atoms with E-state index in [-0.39, 0.29) is 28.1 Å². The standard InChI is InChI=1S/C13H20ClFN2O3S/c1-3-8(4-2)12(18)7-17-21(19,20)13-6-11(16)10(15)5-9(13)14/h5-6,8,12,17-18H,3-4,7,16H2,1-2H3. The van der Waals surface area contributed by atoms with E-state index in [0.29, 0.717) is 0 Å². The monoisotopic (exact) mass is 338 g/mol. The Morgan fingerprint density at radius 2 is 1.95 bits per heavy atom. The highest BCUT2D eigenvalue weighted by atomic mass is 35.5. The Kier molecular flexibility index (Phi) is 6.40. The lowest BCUT2D eigenvalue weighted by molar-refractivity contribution is 0.107. The molecule has 0 radical (unpaired) electrons. The molecule has 0 saturated carbocycles. The van der Waals surface area contributed by atoms with Crippen LogP contribution >= 0.6 is 11.6 Å². The molecule has 4 N–H and O–H groups in total. The number of hydrogen-bond donors (Lipinski definition) is 3. The van der Waals surface area contributed by atoms with Gasteiger partial charge in [0.15, 0.2) is 0 Å². The van der Waals surface area contributed by atoms with Gasteiger partial charge in [-0.2, -0.15) is 0 Å². The molecule has 1 rings (SSSR count). The zero-order valence-corrected chi connectivity index (χ0v) is 13.5. The fourth-order valence-electron chi connectivity index (χ4n) is 2.02. The van der Waals surface area contributed by atoms with E-state index in [9.17, 15) is 17.9 Å². The number of halogens is 2. The smallest absolute Gasteiger partial charge is 0.242 e. The quantitative estimate of drug-likeness (QED) is 0.664. The number of anilines is 1. The van der Waals surface area contributed by atoms with E-state index in [4.69, 9.17) is 17.3 Å². The number of aliphatic hydroxyl groups excluding tert-OH is 1. The summed E-state index contributed by atoms with van der Waals surface area (Å²) < 4.78 is 39.7. The van der Waals surface area contributed by atoms with Crippen molar-refractivity contribution in [3.63, 3.8) is 0 Å². The molecule has 1 atom stereocenters. The second-order valence-corrected chi connectivity index (χ2v) is 6.94. The van der Waals surface area contributed by atoms with Gasteiger partial charge >= 0.3 is 0 Å². The highest BCUT2D eigenvalue weighted by Crippen LogP contribution is 2.26. The Morgan fingerprint density at radius 1 is 1.38 bits per heavy atom. The summed E-state index contributed by atoms with van der Waals surface area (Å²) in [6.07, 6.45) is 0.680. The molecule has 1 aromatic rings. The fraction of sp³-hybridized carbons (Fsp3) is 0.538. The van der Waals surface area contributed by atoms with Gasteiger partial charge in [0.05, 0.1) is 16.8 Å². The molecule has 0 bridgehead atoms. The number of rotatable bonds is 7. The van der Waals surface area contributed by atoms with Gasteiger partial charge in [0.1, 0.15) is 10.7 Å². The SMILES string of the molecule is CCC(CC)C(O)CNS(=O)(=O)c1cc(N)c(F)cc1Cl. The summed E-state index contributed by atoms with van der Waals surface area (Å²) in [6.45, 7) is 3.70. The lowest BCUT2D eigenvalue weighted by Crippen LogP contribution is -2.36. The van der Waals surface area contributed by atoms with Crippen molar-refractivity contribution in [2.24, 2.45) is 5.92 Å². The zero-order chi connectivity index (χ0) is 16.2. The van der Waals surface area contributed by atoms with E-state index in [1.807, 2.05) is 13.8 Å². The topological polar surface area (TPSA) is 92.4 Å². The van der Waals surface area contributed by atoms with Gasteiger partial charge < -0.3 is 10.8 Å². The molecule has 0 fully saturated rings. The summed E-state index contributed by atoms with van der Waals surface area (Å²) >= 11 is 5.74. The summed E-state index contributed by atoms with van der Waals surface area (Å²) in [5, 5.41) is 9.68. The molecule has 5 nitrogen and oxygen atoms in total. The van der Waals surface area contributed by atoms with Crippen molar-refractivity contribution < 1.29 is 17.9 Å². The predicted octanol–water partition coefficient (Wildman–Crippen LogP) is 2.14. The summed E-state index contributed by atoms with van der Waals surface area (Å²) in [6, 6.07) is 1.81. The second kappa shape index (κ2) is 7.40. The van der Waals surface area contributed by atoms with Gasteiger partial charge in [-0.3, -0.25) is 0 Å². The third-order valence-corrected chi connectivity index (χ3v) is 5.30. The molecule has 0 aliphatic rings.